The van der Waals surface area contributed by atoms with Gasteiger partial charge in [-0.1, -0.05) is 24.3 Å². The summed E-state index contributed by atoms with van der Waals surface area (Å²) in [5.74, 6) is 1.26. The Balaban J connectivity index is 1.66. The molecule has 0 bridgehead atoms. The van der Waals surface area contributed by atoms with Crippen molar-refractivity contribution in [3.8, 4) is 17.2 Å². The second kappa shape index (κ2) is 7.34. The number of phenols is 1. The third-order valence-electron chi connectivity index (χ3n) is 5.16. The van der Waals surface area contributed by atoms with E-state index in [4.69, 9.17) is 14.6 Å². The summed E-state index contributed by atoms with van der Waals surface area (Å²) in [7, 11) is 1.53. The Kier molecular flexibility index (Phi) is 4.80. The summed E-state index contributed by atoms with van der Waals surface area (Å²) >= 11 is 8.75. The summed E-state index contributed by atoms with van der Waals surface area (Å²) in [6, 6.07) is 14.1. The number of methoxy groups -OCH3 is 1. The molecule has 148 valence electrons. The van der Waals surface area contributed by atoms with Crippen molar-refractivity contribution in [2.45, 2.75) is 18.7 Å². The number of hydrogen-bond donors (Lipinski definition) is 1. The van der Waals surface area contributed by atoms with Crippen molar-refractivity contribution >= 4 is 48.9 Å². The predicted molar refractivity (Wildman–Crippen MR) is 120 cm³/mol. The molecular weight excluding hydrogens is 520 g/mol. The first-order valence-corrected chi connectivity index (χ1v) is 11.4. The number of thiophene rings is 1. The highest BCUT2D eigenvalue weighted by Crippen LogP contribution is 2.51. The quantitative estimate of drug-likeness (QED) is 0.432. The fourth-order valence-corrected chi connectivity index (χ4v) is 5.42. The molecule has 0 spiro atoms. The standard InChI is InChI=1S/C21H16Br2N2O3S/c1-27-16-9-12(18(22)19(23)20(16)26)21-25-14(11-5-2-3-6-15(11)28-21)10-13(24-25)17-7-4-8-29-17/h2-9,14,21,26H,10H2,1H3/t14-,21-/m1/s1. The molecule has 0 aliphatic carbocycles. The van der Waals surface area contributed by atoms with Gasteiger partial charge in [0, 0.05) is 22.0 Å². The Morgan fingerprint density at radius 3 is 2.76 bits per heavy atom. The van der Waals surface area contributed by atoms with Crippen molar-refractivity contribution in [1.82, 2.24) is 5.01 Å². The number of benzene rings is 2. The summed E-state index contributed by atoms with van der Waals surface area (Å²) in [5.41, 5.74) is 3.00. The molecule has 1 N–H and O–H groups in total. The van der Waals surface area contributed by atoms with Crippen LogP contribution in [0.2, 0.25) is 0 Å². The Hall–Kier alpha value is -2.03. The van der Waals surface area contributed by atoms with Crippen LogP contribution in [-0.4, -0.2) is 22.9 Å². The van der Waals surface area contributed by atoms with Crippen LogP contribution in [0.1, 0.15) is 34.7 Å². The lowest BCUT2D eigenvalue weighted by molar-refractivity contribution is -0.0196. The molecule has 3 aromatic rings. The first-order chi connectivity index (χ1) is 14.1. The molecular formula is C21H16Br2N2O3S. The lowest BCUT2D eigenvalue weighted by Crippen LogP contribution is -2.34. The molecule has 29 heavy (non-hydrogen) atoms. The van der Waals surface area contributed by atoms with Crippen molar-refractivity contribution in [3.05, 3.63) is 72.8 Å². The van der Waals surface area contributed by atoms with Crippen LogP contribution in [0.5, 0.6) is 17.2 Å². The highest BCUT2D eigenvalue weighted by atomic mass is 79.9. The van der Waals surface area contributed by atoms with Crippen LogP contribution < -0.4 is 9.47 Å². The van der Waals surface area contributed by atoms with Crippen LogP contribution in [0.15, 0.2) is 61.9 Å². The van der Waals surface area contributed by atoms with Crippen molar-refractivity contribution in [2.75, 3.05) is 7.11 Å². The van der Waals surface area contributed by atoms with Crippen LogP contribution >= 0.6 is 43.2 Å². The number of para-hydroxylation sites is 1. The summed E-state index contributed by atoms with van der Waals surface area (Å²) in [6.07, 6.45) is 0.346. The van der Waals surface area contributed by atoms with Crippen molar-refractivity contribution in [1.29, 1.82) is 0 Å². The van der Waals surface area contributed by atoms with Gasteiger partial charge in [0.15, 0.2) is 11.5 Å². The molecule has 0 unspecified atom stereocenters. The minimum Gasteiger partial charge on any atom is -0.503 e. The van der Waals surface area contributed by atoms with Gasteiger partial charge < -0.3 is 14.6 Å². The molecule has 5 nitrogen and oxygen atoms in total. The minimum atomic E-state index is -0.465. The molecule has 2 aromatic carbocycles. The molecule has 0 fully saturated rings. The van der Waals surface area contributed by atoms with Crippen molar-refractivity contribution in [3.63, 3.8) is 0 Å². The van der Waals surface area contributed by atoms with Crippen molar-refractivity contribution in [2.24, 2.45) is 5.10 Å². The number of hydrogen-bond acceptors (Lipinski definition) is 6. The maximum absolute atomic E-state index is 10.3. The van der Waals surface area contributed by atoms with E-state index < -0.39 is 6.23 Å². The third-order valence-corrected chi connectivity index (χ3v) is 8.24. The van der Waals surface area contributed by atoms with E-state index in [1.165, 1.54) is 12.0 Å². The van der Waals surface area contributed by atoms with E-state index >= 15 is 0 Å². The highest BCUT2D eigenvalue weighted by molar-refractivity contribution is 9.13. The first kappa shape index (κ1) is 19.0. The van der Waals surface area contributed by atoms with Gasteiger partial charge >= 0.3 is 0 Å². The maximum Gasteiger partial charge on any atom is 0.215 e. The number of hydrazone groups is 1. The molecule has 8 heteroatoms. The number of phenolic OH excluding ortho intramolecular Hbond substituents is 1. The van der Waals surface area contributed by atoms with E-state index in [9.17, 15) is 5.11 Å². The molecule has 0 amide bonds. The molecule has 2 aliphatic rings. The SMILES string of the molecule is COc1cc([C@H]2Oc3ccccc3[C@H]3CC(c4cccs4)=NN32)c(Br)c(Br)c1O. The van der Waals surface area contributed by atoms with Crippen LogP contribution in [0, 0.1) is 0 Å². The zero-order chi connectivity index (χ0) is 20.1. The van der Waals surface area contributed by atoms with Crippen LogP contribution in [0.25, 0.3) is 0 Å². The fourth-order valence-electron chi connectivity index (χ4n) is 3.78. The molecule has 1 aromatic heterocycles. The second-order valence-corrected chi connectivity index (χ2v) is 9.31. The lowest BCUT2D eigenvalue weighted by atomic mass is 9.97. The summed E-state index contributed by atoms with van der Waals surface area (Å²) in [5, 5.41) is 19.4. The van der Waals surface area contributed by atoms with E-state index in [2.05, 4.69) is 49.4 Å². The number of nitrogens with zero attached hydrogens (tertiary/aromatic N) is 2. The molecule has 2 aliphatic heterocycles. The zero-order valence-corrected chi connectivity index (χ0v) is 19.3. The van der Waals surface area contributed by atoms with E-state index in [1.54, 1.807) is 17.4 Å². The molecule has 0 saturated heterocycles. The van der Waals surface area contributed by atoms with Crippen LogP contribution in [0.3, 0.4) is 0 Å². The first-order valence-electron chi connectivity index (χ1n) is 8.98. The number of fused-ring (bicyclic) bond motifs is 3. The van der Waals surface area contributed by atoms with Gasteiger partial charge in [0.2, 0.25) is 6.23 Å². The van der Waals surface area contributed by atoms with Crippen LogP contribution in [0.4, 0.5) is 0 Å². The Morgan fingerprint density at radius 1 is 1.17 bits per heavy atom. The average molecular weight is 536 g/mol. The van der Waals surface area contributed by atoms with Gasteiger partial charge in [-0.05, 0) is 55.4 Å². The Morgan fingerprint density at radius 2 is 2.00 bits per heavy atom. The highest BCUT2D eigenvalue weighted by Gasteiger charge is 2.42. The molecule has 0 radical (unpaired) electrons. The van der Waals surface area contributed by atoms with E-state index in [1.807, 2.05) is 29.3 Å². The number of ether oxygens (including phenoxy) is 2. The number of aromatic hydroxyl groups is 1. The van der Waals surface area contributed by atoms with Gasteiger partial charge in [-0.15, -0.1) is 11.3 Å². The van der Waals surface area contributed by atoms with Gasteiger partial charge in [0.25, 0.3) is 0 Å². The minimum absolute atomic E-state index is 0.0417. The van der Waals surface area contributed by atoms with Gasteiger partial charge in [-0.3, -0.25) is 0 Å². The molecule has 0 saturated carbocycles. The predicted octanol–water partition coefficient (Wildman–Crippen LogP) is 6.23. The van der Waals surface area contributed by atoms with Gasteiger partial charge in [0.1, 0.15) is 5.75 Å². The van der Waals surface area contributed by atoms with E-state index in [-0.39, 0.29) is 11.8 Å². The lowest BCUT2D eigenvalue weighted by Gasteiger charge is -2.38. The van der Waals surface area contributed by atoms with Crippen LogP contribution in [-0.2, 0) is 0 Å². The maximum atomic E-state index is 10.3. The topological polar surface area (TPSA) is 54.3 Å². The van der Waals surface area contributed by atoms with Gasteiger partial charge in [0.05, 0.1) is 28.2 Å². The largest absolute Gasteiger partial charge is 0.503 e. The smallest absolute Gasteiger partial charge is 0.215 e. The Bertz CT molecular complexity index is 1120. The van der Waals surface area contributed by atoms with E-state index in [0.29, 0.717) is 14.7 Å². The van der Waals surface area contributed by atoms with Gasteiger partial charge in [-0.25, -0.2) is 5.01 Å². The number of halogens is 2. The summed E-state index contributed by atoms with van der Waals surface area (Å²) in [4.78, 5) is 1.17. The van der Waals surface area contributed by atoms with Crippen molar-refractivity contribution < 1.29 is 14.6 Å². The van der Waals surface area contributed by atoms with E-state index in [0.717, 1.165) is 29.0 Å². The normalized spacial score (nSPS) is 20.0. The Labute approximate surface area is 188 Å². The molecule has 2 atom stereocenters. The summed E-state index contributed by atoms with van der Waals surface area (Å²) < 4.78 is 13.0. The summed E-state index contributed by atoms with van der Waals surface area (Å²) in [6.45, 7) is 0. The third kappa shape index (κ3) is 3.05. The zero-order valence-electron chi connectivity index (χ0n) is 15.3. The molecule has 5 rings (SSSR count). The van der Waals surface area contributed by atoms with Gasteiger partial charge in [-0.2, -0.15) is 5.10 Å². The monoisotopic (exact) mass is 534 g/mol. The molecule has 3 heterocycles. The second-order valence-electron chi connectivity index (χ2n) is 6.78. The number of rotatable bonds is 3. The average Bonchev–Trinajstić information content (AvgIpc) is 3.42. The fraction of sp³-hybridized carbons (Fsp3) is 0.190.